The Morgan fingerprint density at radius 1 is 1.11 bits per heavy atom. The van der Waals surface area contributed by atoms with Crippen LogP contribution in [0.2, 0.25) is 5.02 Å². The predicted octanol–water partition coefficient (Wildman–Crippen LogP) is 3.45. The summed E-state index contributed by atoms with van der Waals surface area (Å²) in [7, 11) is 0. The van der Waals surface area contributed by atoms with Crippen molar-refractivity contribution in [2.24, 2.45) is 5.41 Å². The van der Waals surface area contributed by atoms with Gasteiger partial charge in [0.05, 0.1) is 17.9 Å². The lowest BCUT2D eigenvalue weighted by atomic mass is 9.73. The number of fused-ring (bicyclic) bond motifs is 3. The molecule has 12 heteroatoms. The molecule has 6 rings (SSSR count). The highest BCUT2D eigenvalue weighted by Gasteiger charge is 2.53. The lowest BCUT2D eigenvalue weighted by Gasteiger charge is -2.60. The Bertz CT molecular complexity index is 1300. The minimum atomic E-state index is -3.12. The highest BCUT2D eigenvalue weighted by Crippen LogP contribution is 2.44. The van der Waals surface area contributed by atoms with Crippen LogP contribution < -0.4 is 9.80 Å². The first-order chi connectivity index (χ1) is 16.7. The molecule has 1 aromatic carbocycles. The number of halogens is 4. The van der Waals surface area contributed by atoms with Gasteiger partial charge in [0.2, 0.25) is 5.95 Å². The van der Waals surface area contributed by atoms with Gasteiger partial charge in [0, 0.05) is 43.2 Å². The second-order valence-corrected chi connectivity index (χ2v) is 9.89. The smallest absolute Gasteiger partial charge is 0.315 e. The summed E-state index contributed by atoms with van der Waals surface area (Å²) in [4.78, 5) is 21.8. The van der Waals surface area contributed by atoms with E-state index in [0.29, 0.717) is 28.0 Å². The van der Waals surface area contributed by atoms with Crippen LogP contribution in [0.1, 0.15) is 24.4 Å². The summed E-state index contributed by atoms with van der Waals surface area (Å²) >= 11 is 6.20. The van der Waals surface area contributed by atoms with Crippen molar-refractivity contribution in [2.45, 2.75) is 25.9 Å². The van der Waals surface area contributed by atoms with Crippen LogP contribution in [0.3, 0.4) is 0 Å². The number of hydrogen-bond donors (Lipinski definition) is 0. The van der Waals surface area contributed by atoms with Crippen LogP contribution in [-0.2, 0) is 11.3 Å². The van der Waals surface area contributed by atoms with E-state index in [1.165, 1.54) is 12.3 Å². The normalized spacial score (nSPS) is 20.3. The summed E-state index contributed by atoms with van der Waals surface area (Å²) in [6.45, 7) is 4.73. The zero-order chi connectivity index (χ0) is 24.5. The Morgan fingerprint density at radius 2 is 1.86 bits per heavy atom. The number of anilines is 2. The Morgan fingerprint density at radius 3 is 2.54 bits per heavy atom. The topological polar surface area (TPSA) is 70.4 Å². The van der Waals surface area contributed by atoms with Crippen molar-refractivity contribution in [3.05, 3.63) is 58.8 Å². The van der Waals surface area contributed by atoms with Gasteiger partial charge in [0.25, 0.3) is 5.91 Å². The Balaban J connectivity index is 1.28. The van der Waals surface area contributed by atoms with Crippen molar-refractivity contribution in [3.8, 4) is 5.69 Å². The molecule has 3 aromatic rings. The molecule has 1 atom stereocenters. The zero-order valence-corrected chi connectivity index (χ0v) is 19.5. The Labute approximate surface area is 203 Å². The molecule has 0 saturated carbocycles. The molecule has 3 aliphatic heterocycles. The first kappa shape index (κ1) is 22.1. The largest absolute Gasteiger partial charge is 0.355 e. The van der Waals surface area contributed by atoms with Gasteiger partial charge in [-0.15, -0.1) is 10.2 Å². The van der Waals surface area contributed by atoms with Gasteiger partial charge in [-0.05, 0) is 42.8 Å². The van der Waals surface area contributed by atoms with Crippen LogP contribution in [0.15, 0.2) is 36.5 Å². The second kappa shape index (κ2) is 7.84. The molecule has 182 valence electrons. The third-order valence-electron chi connectivity index (χ3n) is 7.03. The molecule has 2 saturated heterocycles. The van der Waals surface area contributed by atoms with Crippen molar-refractivity contribution in [1.29, 1.82) is 0 Å². The summed E-state index contributed by atoms with van der Waals surface area (Å²) in [6.07, 6.45) is -1.91. The molecule has 0 radical (unpaired) electrons. The monoisotopic (exact) mass is 503 g/mol. The van der Waals surface area contributed by atoms with Crippen molar-refractivity contribution in [3.63, 3.8) is 0 Å². The number of hydrogen-bond acceptors (Lipinski definition) is 6. The van der Waals surface area contributed by atoms with E-state index >= 15 is 0 Å². The Hall–Kier alpha value is -3.34. The first-order valence-electron chi connectivity index (χ1n) is 11.2. The van der Waals surface area contributed by atoms with Gasteiger partial charge >= 0.3 is 6.43 Å². The summed E-state index contributed by atoms with van der Waals surface area (Å²) in [5, 5.41) is 9.17. The Kier molecular flexibility index (Phi) is 4.96. The number of nitrogens with zero attached hydrogens (tertiary/aromatic N) is 7. The van der Waals surface area contributed by atoms with Gasteiger partial charge in [0.1, 0.15) is 11.6 Å². The number of alkyl halides is 2. The fraction of sp³-hybridized carbons (Fsp3) is 0.391. The van der Waals surface area contributed by atoms with Gasteiger partial charge in [-0.25, -0.2) is 9.37 Å². The maximum Gasteiger partial charge on any atom is 0.315 e. The molecule has 1 spiro atoms. The van der Waals surface area contributed by atoms with Gasteiger partial charge in [-0.1, -0.05) is 11.6 Å². The SMILES string of the molecule is CC1c2nnc(N3CC4(CN(c5ccc(F)cn5)C4)C3)n2-c2ccc(Cl)cc2CN1C(=O)C(F)F. The molecule has 2 aromatic heterocycles. The van der Waals surface area contributed by atoms with E-state index in [9.17, 15) is 18.0 Å². The molecular formula is C23H21ClF3N7O. The minimum absolute atomic E-state index is 0.00734. The lowest BCUT2D eigenvalue weighted by Crippen LogP contribution is -2.73. The van der Waals surface area contributed by atoms with E-state index in [4.69, 9.17) is 11.6 Å². The van der Waals surface area contributed by atoms with Gasteiger partial charge < -0.3 is 14.7 Å². The molecule has 1 unspecified atom stereocenters. The third-order valence-corrected chi connectivity index (χ3v) is 7.26. The predicted molar refractivity (Wildman–Crippen MR) is 122 cm³/mol. The van der Waals surface area contributed by atoms with Gasteiger partial charge in [-0.3, -0.25) is 9.36 Å². The van der Waals surface area contributed by atoms with Crippen LogP contribution in [0, 0.1) is 11.2 Å². The number of carbonyl (C=O) groups is 1. The quantitative estimate of drug-likeness (QED) is 0.545. The number of aromatic nitrogens is 4. The van der Waals surface area contributed by atoms with Crippen LogP contribution in [-0.4, -0.2) is 63.2 Å². The van der Waals surface area contributed by atoms with E-state index in [2.05, 4.69) is 25.0 Å². The summed E-state index contributed by atoms with van der Waals surface area (Å²) < 4.78 is 41.7. The number of pyridine rings is 1. The second-order valence-electron chi connectivity index (χ2n) is 9.46. The fourth-order valence-electron chi connectivity index (χ4n) is 5.33. The van der Waals surface area contributed by atoms with Crippen molar-refractivity contribution in [1.82, 2.24) is 24.6 Å². The number of amides is 1. The number of rotatable bonds is 3. The average molecular weight is 504 g/mol. The highest BCUT2D eigenvalue weighted by molar-refractivity contribution is 6.30. The molecule has 1 amide bonds. The fourth-order valence-corrected chi connectivity index (χ4v) is 5.53. The van der Waals surface area contributed by atoms with Crippen LogP contribution in [0.25, 0.3) is 5.69 Å². The van der Waals surface area contributed by atoms with Crippen molar-refractivity contribution < 1.29 is 18.0 Å². The lowest BCUT2D eigenvalue weighted by molar-refractivity contribution is -0.146. The number of benzene rings is 1. The van der Waals surface area contributed by atoms with E-state index in [1.54, 1.807) is 31.2 Å². The molecular weight excluding hydrogens is 483 g/mol. The molecule has 35 heavy (non-hydrogen) atoms. The van der Waals surface area contributed by atoms with Crippen molar-refractivity contribution in [2.75, 3.05) is 36.0 Å². The van der Waals surface area contributed by atoms with E-state index in [1.807, 2.05) is 4.57 Å². The molecule has 8 nitrogen and oxygen atoms in total. The van der Waals surface area contributed by atoms with Crippen LogP contribution >= 0.6 is 11.6 Å². The van der Waals surface area contributed by atoms with Gasteiger partial charge in [-0.2, -0.15) is 8.78 Å². The van der Waals surface area contributed by atoms with E-state index in [-0.39, 0.29) is 17.8 Å². The van der Waals surface area contributed by atoms with Gasteiger partial charge in [0.15, 0.2) is 5.82 Å². The maximum atomic E-state index is 13.4. The summed E-state index contributed by atoms with van der Waals surface area (Å²) in [6, 6.07) is 7.58. The molecule has 0 bridgehead atoms. The van der Waals surface area contributed by atoms with Crippen molar-refractivity contribution >= 4 is 29.3 Å². The molecule has 2 fully saturated rings. The molecule has 0 aliphatic carbocycles. The standard InChI is InChI=1S/C23H21ClF3N7O/c1-13-20-29-30-22(32-11-23(12-32)9-31(10-23)18-5-3-16(25)7-28-18)34(20)17-4-2-15(24)6-14(17)8-33(13)21(35)19(26)27/h2-7,13,19H,8-12H2,1H3. The molecule has 0 N–H and O–H groups in total. The summed E-state index contributed by atoms with van der Waals surface area (Å²) in [5.74, 6) is 0.145. The third kappa shape index (κ3) is 3.51. The average Bonchev–Trinajstić information content (AvgIpc) is 3.15. The molecule has 3 aliphatic rings. The van der Waals surface area contributed by atoms with Crippen LogP contribution in [0.4, 0.5) is 24.9 Å². The first-order valence-corrected chi connectivity index (χ1v) is 11.6. The van der Waals surface area contributed by atoms with E-state index in [0.717, 1.165) is 36.9 Å². The molecule has 5 heterocycles. The zero-order valence-electron chi connectivity index (χ0n) is 18.7. The minimum Gasteiger partial charge on any atom is -0.355 e. The number of carbonyl (C=O) groups excluding carboxylic acids is 1. The highest BCUT2D eigenvalue weighted by atomic mass is 35.5. The maximum absolute atomic E-state index is 13.4. The summed E-state index contributed by atoms with van der Waals surface area (Å²) in [5.41, 5.74) is 1.43. The van der Waals surface area contributed by atoms with E-state index < -0.39 is 18.4 Å². The van der Waals surface area contributed by atoms with Crippen LogP contribution in [0.5, 0.6) is 0 Å².